The highest BCUT2D eigenvalue weighted by Gasteiger charge is 2.27. The van der Waals surface area contributed by atoms with E-state index in [0.29, 0.717) is 17.9 Å². The van der Waals surface area contributed by atoms with Crippen LogP contribution in [-0.4, -0.2) is 33.8 Å². The molecule has 2 unspecified atom stereocenters. The summed E-state index contributed by atoms with van der Waals surface area (Å²) in [6.45, 7) is 9.66. The zero-order valence-corrected chi connectivity index (χ0v) is 15.0. The molecule has 126 valence electrons. The first-order valence-corrected chi connectivity index (χ1v) is 8.16. The van der Waals surface area contributed by atoms with Crippen LogP contribution in [0.1, 0.15) is 37.9 Å². The fourth-order valence-electron chi connectivity index (χ4n) is 3.21. The fourth-order valence-corrected chi connectivity index (χ4v) is 3.21. The van der Waals surface area contributed by atoms with Gasteiger partial charge in [-0.25, -0.2) is 4.68 Å². The Bertz CT molecular complexity index is 613. The summed E-state index contributed by atoms with van der Waals surface area (Å²) < 4.78 is 2.00. The average molecular weight is 335 g/mol. The summed E-state index contributed by atoms with van der Waals surface area (Å²) in [6.07, 6.45) is 2.18. The molecule has 5 heteroatoms. The van der Waals surface area contributed by atoms with E-state index in [2.05, 4.69) is 44.0 Å². The molecular formula is C18H27ClN4. The third-order valence-corrected chi connectivity index (χ3v) is 4.53. The predicted molar refractivity (Wildman–Crippen MR) is 97.3 cm³/mol. The van der Waals surface area contributed by atoms with Gasteiger partial charge in [-0.05, 0) is 24.0 Å². The molecule has 1 aromatic heterocycles. The lowest BCUT2D eigenvalue weighted by atomic mass is 10.1. The minimum Gasteiger partial charge on any atom is -0.326 e. The summed E-state index contributed by atoms with van der Waals surface area (Å²) in [7, 11) is 0. The molecule has 2 N–H and O–H groups in total. The maximum atomic E-state index is 6.15. The molecule has 1 aliphatic heterocycles. The van der Waals surface area contributed by atoms with Crippen LogP contribution in [-0.2, 0) is 6.54 Å². The van der Waals surface area contributed by atoms with E-state index < -0.39 is 0 Å². The van der Waals surface area contributed by atoms with Gasteiger partial charge in [-0.1, -0.05) is 39.0 Å². The molecule has 3 rings (SSSR count). The Morgan fingerprint density at radius 2 is 1.91 bits per heavy atom. The first-order chi connectivity index (χ1) is 10.5. The van der Waals surface area contributed by atoms with Crippen molar-refractivity contribution in [3.8, 4) is 5.69 Å². The SMILES string of the molecule is CC(C)c1nn(-c2ccccc2)cc1CN1CC(C)C(N)C1.Cl. The van der Waals surface area contributed by atoms with Gasteiger partial charge in [0.15, 0.2) is 0 Å². The number of para-hydroxylation sites is 1. The number of nitrogens with two attached hydrogens (primary N) is 1. The fraction of sp³-hybridized carbons (Fsp3) is 0.500. The highest BCUT2D eigenvalue weighted by atomic mass is 35.5. The zero-order valence-electron chi connectivity index (χ0n) is 14.1. The molecular weight excluding hydrogens is 308 g/mol. The minimum atomic E-state index is 0. The van der Waals surface area contributed by atoms with Crippen LogP contribution in [0.4, 0.5) is 0 Å². The Kier molecular flexibility index (Phi) is 5.84. The molecule has 2 aromatic rings. The van der Waals surface area contributed by atoms with Gasteiger partial charge in [-0.15, -0.1) is 12.4 Å². The summed E-state index contributed by atoms with van der Waals surface area (Å²) in [5.74, 6) is 1.00. The molecule has 4 nitrogen and oxygen atoms in total. The van der Waals surface area contributed by atoms with Gasteiger partial charge in [-0.3, -0.25) is 4.90 Å². The van der Waals surface area contributed by atoms with E-state index in [1.807, 2.05) is 22.9 Å². The van der Waals surface area contributed by atoms with Gasteiger partial charge in [0.25, 0.3) is 0 Å². The van der Waals surface area contributed by atoms with E-state index >= 15 is 0 Å². The molecule has 0 spiro atoms. The van der Waals surface area contributed by atoms with Crippen molar-refractivity contribution in [1.29, 1.82) is 0 Å². The number of hydrogen-bond acceptors (Lipinski definition) is 3. The first kappa shape index (κ1) is 18.0. The van der Waals surface area contributed by atoms with Crippen LogP contribution in [0.2, 0.25) is 0 Å². The third kappa shape index (κ3) is 3.94. The first-order valence-electron chi connectivity index (χ1n) is 8.16. The van der Waals surface area contributed by atoms with Crippen LogP contribution in [0.5, 0.6) is 0 Å². The second-order valence-electron chi connectivity index (χ2n) is 6.81. The van der Waals surface area contributed by atoms with E-state index in [-0.39, 0.29) is 12.4 Å². The van der Waals surface area contributed by atoms with Crippen molar-refractivity contribution in [3.05, 3.63) is 47.8 Å². The quantitative estimate of drug-likeness (QED) is 0.934. The van der Waals surface area contributed by atoms with Crippen molar-refractivity contribution in [3.63, 3.8) is 0 Å². The smallest absolute Gasteiger partial charge is 0.0699 e. The van der Waals surface area contributed by atoms with E-state index in [1.54, 1.807) is 0 Å². The third-order valence-electron chi connectivity index (χ3n) is 4.53. The normalized spacial score (nSPS) is 21.6. The Morgan fingerprint density at radius 3 is 2.48 bits per heavy atom. The summed E-state index contributed by atoms with van der Waals surface area (Å²) in [4.78, 5) is 2.45. The van der Waals surface area contributed by atoms with Gasteiger partial charge < -0.3 is 5.73 Å². The monoisotopic (exact) mass is 334 g/mol. The highest BCUT2D eigenvalue weighted by molar-refractivity contribution is 5.85. The van der Waals surface area contributed by atoms with Gasteiger partial charge in [0, 0.05) is 37.4 Å². The molecule has 0 saturated carbocycles. The van der Waals surface area contributed by atoms with Crippen LogP contribution in [0.25, 0.3) is 5.69 Å². The summed E-state index contributed by atoms with van der Waals surface area (Å²) >= 11 is 0. The lowest BCUT2D eigenvalue weighted by Crippen LogP contribution is -2.28. The Balaban J connectivity index is 0.00000192. The van der Waals surface area contributed by atoms with Crippen molar-refractivity contribution >= 4 is 12.4 Å². The predicted octanol–water partition coefficient (Wildman–Crippen LogP) is 3.20. The van der Waals surface area contributed by atoms with Gasteiger partial charge in [0.2, 0.25) is 0 Å². The highest BCUT2D eigenvalue weighted by Crippen LogP contribution is 2.24. The van der Waals surface area contributed by atoms with E-state index in [0.717, 1.165) is 25.3 Å². The Hall–Kier alpha value is -1.36. The van der Waals surface area contributed by atoms with Gasteiger partial charge in [0.05, 0.1) is 11.4 Å². The average Bonchev–Trinajstić information content (AvgIpc) is 3.05. The van der Waals surface area contributed by atoms with Crippen molar-refractivity contribution in [2.45, 2.75) is 39.3 Å². The lowest BCUT2D eigenvalue weighted by molar-refractivity contribution is 0.317. The van der Waals surface area contributed by atoms with Crippen molar-refractivity contribution in [1.82, 2.24) is 14.7 Å². The molecule has 23 heavy (non-hydrogen) atoms. The number of hydrogen-bond donors (Lipinski definition) is 1. The molecule has 1 aliphatic rings. The van der Waals surface area contributed by atoms with Crippen LogP contribution < -0.4 is 5.73 Å². The van der Waals surface area contributed by atoms with Crippen molar-refractivity contribution < 1.29 is 0 Å². The van der Waals surface area contributed by atoms with E-state index in [4.69, 9.17) is 10.8 Å². The number of rotatable bonds is 4. The Labute approximate surface area is 145 Å². The number of halogens is 1. The number of likely N-dealkylation sites (tertiary alicyclic amines) is 1. The molecule has 1 aromatic carbocycles. The summed E-state index contributed by atoms with van der Waals surface area (Å²) in [6, 6.07) is 10.6. The lowest BCUT2D eigenvalue weighted by Gasteiger charge is -2.15. The molecule has 2 heterocycles. The number of nitrogens with zero attached hydrogens (tertiary/aromatic N) is 3. The van der Waals surface area contributed by atoms with E-state index in [1.165, 1.54) is 11.3 Å². The molecule has 1 fully saturated rings. The summed E-state index contributed by atoms with van der Waals surface area (Å²) in [5, 5.41) is 4.82. The van der Waals surface area contributed by atoms with Crippen molar-refractivity contribution in [2.75, 3.05) is 13.1 Å². The minimum absolute atomic E-state index is 0. The molecule has 0 radical (unpaired) electrons. The molecule has 0 aliphatic carbocycles. The topological polar surface area (TPSA) is 47.1 Å². The van der Waals surface area contributed by atoms with Crippen LogP contribution in [0.3, 0.4) is 0 Å². The molecule has 2 atom stereocenters. The summed E-state index contributed by atoms with van der Waals surface area (Å²) in [5.41, 5.74) is 9.78. The number of benzene rings is 1. The van der Waals surface area contributed by atoms with Crippen LogP contribution in [0.15, 0.2) is 36.5 Å². The van der Waals surface area contributed by atoms with Gasteiger partial charge in [0.1, 0.15) is 0 Å². The Morgan fingerprint density at radius 1 is 1.22 bits per heavy atom. The molecule has 1 saturated heterocycles. The van der Waals surface area contributed by atoms with E-state index in [9.17, 15) is 0 Å². The standard InChI is InChI=1S/C18H26N4.ClH/c1-13(2)18-15(10-21-9-14(3)17(19)12-21)11-22(20-18)16-7-5-4-6-8-16;/h4-8,11,13-14,17H,9-10,12,19H2,1-3H3;1H. The van der Waals surface area contributed by atoms with Gasteiger partial charge >= 0.3 is 0 Å². The zero-order chi connectivity index (χ0) is 15.7. The second kappa shape index (κ2) is 7.47. The molecule has 0 bridgehead atoms. The van der Waals surface area contributed by atoms with Crippen molar-refractivity contribution in [2.24, 2.45) is 11.7 Å². The second-order valence-corrected chi connectivity index (χ2v) is 6.81. The largest absolute Gasteiger partial charge is 0.326 e. The van der Waals surface area contributed by atoms with Gasteiger partial charge in [-0.2, -0.15) is 5.10 Å². The van der Waals surface area contributed by atoms with Crippen LogP contribution in [0, 0.1) is 5.92 Å². The molecule has 0 amide bonds. The number of aromatic nitrogens is 2. The maximum Gasteiger partial charge on any atom is 0.0699 e. The maximum absolute atomic E-state index is 6.15. The van der Waals surface area contributed by atoms with Crippen LogP contribution >= 0.6 is 12.4 Å².